The summed E-state index contributed by atoms with van der Waals surface area (Å²) in [7, 11) is 0. The third kappa shape index (κ3) is 4.11. The number of rotatable bonds is 4. The van der Waals surface area contributed by atoms with Crippen LogP contribution in [0.2, 0.25) is 0 Å². The van der Waals surface area contributed by atoms with Gasteiger partial charge in [0.2, 0.25) is 0 Å². The van der Waals surface area contributed by atoms with Gasteiger partial charge in [-0.15, -0.1) is 0 Å². The number of hydrogen-bond acceptors (Lipinski definition) is 7. The number of aryl methyl sites for hydroxylation is 1. The molecule has 1 saturated heterocycles. The number of nitrogens with zero attached hydrogens (tertiary/aromatic N) is 4. The lowest BCUT2D eigenvalue weighted by atomic mass is 10.0. The molecule has 0 atom stereocenters. The fourth-order valence-electron chi connectivity index (χ4n) is 3.93. The number of aromatic nitrogens is 3. The van der Waals surface area contributed by atoms with E-state index in [1.165, 1.54) is 15.8 Å². The summed E-state index contributed by atoms with van der Waals surface area (Å²) in [6, 6.07) is 6.56. The van der Waals surface area contributed by atoms with Crippen LogP contribution in [0.3, 0.4) is 0 Å². The van der Waals surface area contributed by atoms with Crippen LogP contribution in [-0.4, -0.2) is 47.2 Å². The molecule has 7 heteroatoms. The average molecular weight is 408 g/mol. The molecule has 3 aromatic rings. The molecule has 2 aliphatic rings. The van der Waals surface area contributed by atoms with Crippen molar-refractivity contribution in [2.45, 2.75) is 32.3 Å². The minimum Gasteiger partial charge on any atom is -0.467 e. The number of nitrogens with one attached hydrogen (secondary N) is 1. The zero-order valence-corrected chi connectivity index (χ0v) is 17.4. The lowest BCUT2D eigenvalue weighted by Gasteiger charge is -2.32. The first-order chi connectivity index (χ1) is 14.2. The van der Waals surface area contributed by atoms with Crippen LogP contribution in [0.5, 0.6) is 5.19 Å². The molecule has 2 aliphatic heterocycles. The first kappa shape index (κ1) is 18.5. The number of thiazole rings is 1. The van der Waals surface area contributed by atoms with E-state index in [9.17, 15) is 0 Å². The molecule has 0 amide bonds. The number of piperidine rings is 1. The van der Waals surface area contributed by atoms with Crippen LogP contribution in [0, 0.1) is 6.92 Å². The lowest BCUT2D eigenvalue weighted by molar-refractivity contribution is 0.170. The number of fused-ring (bicyclic) bond motifs is 1. The number of anilines is 1. The second-order valence-electron chi connectivity index (χ2n) is 7.67. The third-order valence-electron chi connectivity index (χ3n) is 5.60. The highest BCUT2D eigenvalue weighted by Gasteiger charge is 2.23. The van der Waals surface area contributed by atoms with Gasteiger partial charge in [0.25, 0.3) is 5.19 Å². The maximum atomic E-state index is 6.25. The molecule has 0 bridgehead atoms. The van der Waals surface area contributed by atoms with Crippen molar-refractivity contribution in [3.8, 4) is 5.19 Å². The largest absolute Gasteiger partial charge is 0.467 e. The van der Waals surface area contributed by atoms with Crippen molar-refractivity contribution < 1.29 is 4.74 Å². The number of hydrogen-bond donors (Lipinski definition) is 1. The summed E-state index contributed by atoms with van der Waals surface area (Å²) in [6.45, 7) is 5.82. The number of ether oxygens (including phenoxy) is 1. The van der Waals surface area contributed by atoms with Crippen LogP contribution in [0.1, 0.15) is 30.5 Å². The summed E-state index contributed by atoms with van der Waals surface area (Å²) in [5, 5.41) is 4.15. The van der Waals surface area contributed by atoms with Crippen LogP contribution in [0.4, 0.5) is 5.82 Å². The molecule has 2 aromatic heterocycles. The standard InChI is InChI=1S/C22H25N5OS/c1-15-13-25-21(14-24-15)27-10-6-18(7-11-27)28-22-26-19-3-2-17(12-20(19)29-22)16-4-8-23-9-5-16/h2-4,12-14,18,23H,5-11H2,1H3. The van der Waals surface area contributed by atoms with E-state index in [2.05, 4.69) is 44.5 Å². The highest BCUT2D eigenvalue weighted by Crippen LogP contribution is 2.33. The van der Waals surface area contributed by atoms with Gasteiger partial charge in [0.15, 0.2) is 0 Å². The second-order valence-corrected chi connectivity index (χ2v) is 8.66. The second kappa shape index (κ2) is 8.08. The van der Waals surface area contributed by atoms with Crippen molar-refractivity contribution >= 4 is 32.9 Å². The summed E-state index contributed by atoms with van der Waals surface area (Å²) in [6.07, 6.45) is 9.20. The van der Waals surface area contributed by atoms with Gasteiger partial charge in [-0.05, 0) is 43.2 Å². The van der Waals surface area contributed by atoms with Gasteiger partial charge in [0.1, 0.15) is 11.9 Å². The topological polar surface area (TPSA) is 63.2 Å². The molecule has 0 radical (unpaired) electrons. The lowest BCUT2D eigenvalue weighted by Crippen LogP contribution is -2.38. The van der Waals surface area contributed by atoms with Crippen LogP contribution in [-0.2, 0) is 0 Å². The highest BCUT2D eigenvalue weighted by atomic mass is 32.1. The van der Waals surface area contributed by atoms with Crippen LogP contribution >= 0.6 is 11.3 Å². The molecule has 0 unspecified atom stereocenters. The van der Waals surface area contributed by atoms with Crippen molar-refractivity contribution in [2.24, 2.45) is 0 Å². The van der Waals surface area contributed by atoms with E-state index in [1.54, 1.807) is 11.3 Å². The Morgan fingerprint density at radius 2 is 2.07 bits per heavy atom. The predicted molar refractivity (Wildman–Crippen MR) is 118 cm³/mol. The van der Waals surface area contributed by atoms with Gasteiger partial charge in [-0.1, -0.05) is 23.5 Å². The molecule has 5 rings (SSSR count). The molecule has 1 fully saturated rings. The van der Waals surface area contributed by atoms with Gasteiger partial charge in [0, 0.05) is 32.5 Å². The minimum atomic E-state index is 0.205. The summed E-state index contributed by atoms with van der Waals surface area (Å²) < 4.78 is 7.45. The molecule has 29 heavy (non-hydrogen) atoms. The monoisotopic (exact) mass is 407 g/mol. The van der Waals surface area contributed by atoms with Crippen LogP contribution < -0.4 is 15.0 Å². The maximum Gasteiger partial charge on any atom is 0.274 e. The highest BCUT2D eigenvalue weighted by molar-refractivity contribution is 7.20. The maximum absolute atomic E-state index is 6.25. The quantitative estimate of drug-likeness (QED) is 0.709. The Labute approximate surface area is 174 Å². The Bertz CT molecular complexity index is 1020. The molecule has 4 heterocycles. The van der Waals surface area contributed by atoms with Gasteiger partial charge in [0.05, 0.1) is 28.3 Å². The van der Waals surface area contributed by atoms with Crippen molar-refractivity contribution in [1.82, 2.24) is 20.3 Å². The summed E-state index contributed by atoms with van der Waals surface area (Å²) in [4.78, 5) is 15.8. The molecule has 1 aromatic carbocycles. The van der Waals surface area contributed by atoms with E-state index in [-0.39, 0.29) is 6.10 Å². The smallest absolute Gasteiger partial charge is 0.274 e. The number of benzene rings is 1. The van der Waals surface area contributed by atoms with E-state index in [4.69, 9.17) is 9.72 Å². The Hall–Kier alpha value is -2.51. The van der Waals surface area contributed by atoms with Gasteiger partial charge < -0.3 is 15.0 Å². The molecule has 6 nitrogen and oxygen atoms in total. The molecular weight excluding hydrogens is 382 g/mol. The van der Waals surface area contributed by atoms with Gasteiger partial charge >= 0.3 is 0 Å². The first-order valence-corrected chi connectivity index (χ1v) is 11.1. The fourth-order valence-corrected chi connectivity index (χ4v) is 4.85. The Balaban J connectivity index is 1.24. The van der Waals surface area contributed by atoms with E-state index < -0.39 is 0 Å². The molecule has 0 saturated carbocycles. The van der Waals surface area contributed by atoms with E-state index >= 15 is 0 Å². The molecule has 0 aliphatic carbocycles. The Morgan fingerprint density at radius 1 is 1.17 bits per heavy atom. The van der Waals surface area contributed by atoms with Crippen molar-refractivity contribution in [3.05, 3.63) is 47.9 Å². The van der Waals surface area contributed by atoms with Gasteiger partial charge in [-0.2, -0.15) is 0 Å². The normalized spacial score (nSPS) is 18.1. The first-order valence-electron chi connectivity index (χ1n) is 10.3. The zero-order valence-electron chi connectivity index (χ0n) is 16.6. The Kier molecular flexibility index (Phi) is 5.16. The third-order valence-corrected chi connectivity index (χ3v) is 6.51. The fraction of sp³-hybridized carbons (Fsp3) is 0.409. The predicted octanol–water partition coefficient (Wildman–Crippen LogP) is 3.82. The van der Waals surface area contributed by atoms with E-state index in [0.29, 0.717) is 0 Å². The van der Waals surface area contributed by atoms with Crippen molar-refractivity contribution in [3.63, 3.8) is 0 Å². The average Bonchev–Trinajstić information content (AvgIpc) is 3.17. The molecular formula is C22H25N5OS. The minimum absolute atomic E-state index is 0.205. The van der Waals surface area contributed by atoms with E-state index in [1.807, 2.05) is 19.3 Å². The molecule has 150 valence electrons. The van der Waals surface area contributed by atoms with E-state index in [0.717, 1.165) is 67.7 Å². The van der Waals surface area contributed by atoms with Crippen molar-refractivity contribution in [2.75, 3.05) is 31.1 Å². The SMILES string of the molecule is Cc1cnc(N2CCC(Oc3nc4ccc(C5=CCNCC5)cc4s3)CC2)cn1. The summed E-state index contributed by atoms with van der Waals surface area (Å²) >= 11 is 1.66. The summed E-state index contributed by atoms with van der Waals surface area (Å²) in [5.41, 5.74) is 4.70. The van der Waals surface area contributed by atoms with Gasteiger partial charge in [-0.3, -0.25) is 4.98 Å². The van der Waals surface area contributed by atoms with Crippen molar-refractivity contribution in [1.29, 1.82) is 0 Å². The zero-order chi connectivity index (χ0) is 19.6. The summed E-state index contributed by atoms with van der Waals surface area (Å²) in [5.74, 6) is 0.953. The molecule has 1 N–H and O–H groups in total. The van der Waals surface area contributed by atoms with Crippen LogP contribution in [0.25, 0.3) is 15.8 Å². The van der Waals surface area contributed by atoms with Gasteiger partial charge in [-0.25, -0.2) is 9.97 Å². The van der Waals surface area contributed by atoms with Crippen LogP contribution in [0.15, 0.2) is 36.7 Å². The Morgan fingerprint density at radius 3 is 2.83 bits per heavy atom. The molecule has 0 spiro atoms.